The number of carbonyl (C=O) groups excluding carboxylic acids is 1. The van der Waals surface area contributed by atoms with Gasteiger partial charge in [-0.15, -0.1) is 0 Å². The summed E-state index contributed by atoms with van der Waals surface area (Å²) in [4.78, 5) is 11.9. The minimum Gasteiger partial charge on any atom is -0.324 e. The molecule has 0 aromatic heterocycles. The summed E-state index contributed by atoms with van der Waals surface area (Å²) in [5.74, 6) is -0.203. The molecule has 0 bridgehead atoms. The van der Waals surface area contributed by atoms with E-state index in [2.05, 4.69) is 5.32 Å². The number of amides is 1. The van der Waals surface area contributed by atoms with Crippen molar-refractivity contribution in [1.29, 1.82) is 0 Å². The molecule has 0 aliphatic carbocycles. The molecule has 1 aliphatic rings. The van der Waals surface area contributed by atoms with Crippen molar-refractivity contribution in [2.75, 3.05) is 5.32 Å². The number of halogens is 2. The normalized spacial score (nSPS) is 19.6. The molecule has 1 heterocycles. The van der Waals surface area contributed by atoms with Gasteiger partial charge >= 0.3 is 0 Å². The molecule has 1 aliphatic heterocycles. The molecule has 86 valence electrons. The van der Waals surface area contributed by atoms with Gasteiger partial charge < -0.3 is 5.32 Å². The molecule has 2 nitrogen and oxygen atoms in total. The van der Waals surface area contributed by atoms with Gasteiger partial charge in [-0.05, 0) is 23.1 Å². The van der Waals surface area contributed by atoms with Crippen molar-refractivity contribution in [2.45, 2.75) is 26.7 Å². The smallest absolute Gasteiger partial charge is 0.232 e. The highest BCUT2D eigenvalue weighted by Crippen LogP contribution is 2.47. The third kappa shape index (κ3) is 1.80. The van der Waals surface area contributed by atoms with Gasteiger partial charge in [-0.3, -0.25) is 4.79 Å². The van der Waals surface area contributed by atoms with Crippen LogP contribution in [0.2, 0.25) is 10.0 Å². The Balaban J connectivity index is 2.61. The summed E-state index contributed by atoms with van der Waals surface area (Å²) >= 11 is 12.0. The molecule has 1 aromatic rings. The van der Waals surface area contributed by atoms with E-state index in [-0.39, 0.29) is 17.2 Å². The number of fused-ring (bicyclic) bond motifs is 1. The van der Waals surface area contributed by atoms with Gasteiger partial charge in [-0.25, -0.2) is 0 Å². The maximum absolute atomic E-state index is 11.9. The molecule has 1 N–H and O–H groups in total. The highest BCUT2D eigenvalue weighted by atomic mass is 35.5. The number of carbonyl (C=O) groups is 1. The van der Waals surface area contributed by atoms with Crippen molar-refractivity contribution in [3.8, 4) is 0 Å². The van der Waals surface area contributed by atoms with Crippen LogP contribution < -0.4 is 5.32 Å². The van der Waals surface area contributed by atoms with Gasteiger partial charge in [0.2, 0.25) is 5.91 Å². The van der Waals surface area contributed by atoms with E-state index in [9.17, 15) is 4.79 Å². The molecule has 2 rings (SSSR count). The van der Waals surface area contributed by atoms with E-state index in [0.29, 0.717) is 15.7 Å². The van der Waals surface area contributed by atoms with Gasteiger partial charge in [-0.1, -0.05) is 44.0 Å². The van der Waals surface area contributed by atoms with Crippen LogP contribution in [-0.2, 0) is 4.79 Å². The second-order valence-corrected chi connectivity index (χ2v) is 5.98. The van der Waals surface area contributed by atoms with Crippen molar-refractivity contribution < 1.29 is 4.79 Å². The zero-order valence-electron chi connectivity index (χ0n) is 9.40. The molecule has 1 aromatic carbocycles. The number of hydrogen-bond donors (Lipinski definition) is 1. The van der Waals surface area contributed by atoms with E-state index < -0.39 is 0 Å². The highest BCUT2D eigenvalue weighted by Gasteiger charge is 2.40. The molecule has 4 heteroatoms. The SMILES string of the molecule is CC(C)(C)C1C(=O)Nc2c(Cl)cc(Cl)cc21. The van der Waals surface area contributed by atoms with Gasteiger partial charge in [-0.2, -0.15) is 0 Å². The van der Waals surface area contributed by atoms with Crippen molar-refractivity contribution in [3.63, 3.8) is 0 Å². The van der Waals surface area contributed by atoms with Gasteiger partial charge in [0.05, 0.1) is 16.6 Å². The molecule has 0 radical (unpaired) electrons. The second-order valence-electron chi connectivity index (χ2n) is 5.14. The first kappa shape index (κ1) is 11.7. The Hall–Kier alpha value is -0.730. The van der Waals surface area contributed by atoms with Crippen LogP contribution in [-0.4, -0.2) is 5.91 Å². The van der Waals surface area contributed by atoms with E-state index in [1.807, 2.05) is 26.8 Å². The minimum atomic E-state index is -0.196. The summed E-state index contributed by atoms with van der Waals surface area (Å²) in [5, 5.41) is 3.89. The Kier molecular flexibility index (Phi) is 2.67. The summed E-state index contributed by atoms with van der Waals surface area (Å²) in [5.41, 5.74) is 1.45. The Bertz CT molecular complexity index is 463. The number of nitrogens with one attached hydrogen (secondary N) is 1. The summed E-state index contributed by atoms with van der Waals surface area (Å²) in [6.45, 7) is 6.09. The third-order valence-electron chi connectivity index (χ3n) is 2.77. The molecule has 1 unspecified atom stereocenters. The summed E-state index contributed by atoms with van der Waals surface area (Å²) < 4.78 is 0. The molecule has 0 spiro atoms. The fourth-order valence-electron chi connectivity index (χ4n) is 2.15. The zero-order chi connectivity index (χ0) is 12.1. The van der Waals surface area contributed by atoms with Crippen LogP contribution >= 0.6 is 23.2 Å². The lowest BCUT2D eigenvalue weighted by molar-refractivity contribution is -0.119. The van der Waals surface area contributed by atoms with E-state index >= 15 is 0 Å². The van der Waals surface area contributed by atoms with Crippen LogP contribution in [0, 0.1) is 5.41 Å². The maximum atomic E-state index is 11.9. The molecule has 0 saturated heterocycles. The standard InChI is InChI=1S/C12H13Cl2NO/c1-12(2,3)9-7-4-6(13)5-8(14)10(7)15-11(9)16/h4-5,9H,1-3H3,(H,15,16). The highest BCUT2D eigenvalue weighted by molar-refractivity contribution is 6.37. The predicted octanol–water partition coefficient (Wildman–Crippen LogP) is 4.08. The molecule has 1 atom stereocenters. The van der Waals surface area contributed by atoms with E-state index in [1.165, 1.54) is 0 Å². The van der Waals surface area contributed by atoms with E-state index in [0.717, 1.165) is 5.56 Å². The van der Waals surface area contributed by atoms with Crippen LogP contribution in [0.15, 0.2) is 12.1 Å². The van der Waals surface area contributed by atoms with Crippen molar-refractivity contribution in [3.05, 3.63) is 27.7 Å². The summed E-state index contributed by atoms with van der Waals surface area (Å²) in [6.07, 6.45) is 0. The molecular weight excluding hydrogens is 245 g/mol. The minimum absolute atomic E-state index is 0.00772. The Morgan fingerprint density at radius 2 is 1.88 bits per heavy atom. The fraction of sp³-hybridized carbons (Fsp3) is 0.417. The second kappa shape index (κ2) is 3.64. The van der Waals surface area contributed by atoms with Gasteiger partial charge in [0.1, 0.15) is 0 Å². The quantitative estimate of drug-likeness (QED) is 0.746. The van der Waals surface area contributed by atoms with E-state index in [4.69, 9.17) is 23.2 Å². The summed E-state index contributed by atoms with van der Waals surface area (Å²) in [7, 11) is 0. The first-order valence-corrected chi connectivity index (χ1v) is 5.86. The fourth-order valence-corrected chi connectivity index (χ4v) is 2.71. The lowest BCUT2D eigenvalue weighted by atomic mass is 9.77. The monoisotopic (exact) mass is 257 g/mol. The molecule has 0 saturated carbocycles. The van der Waals surface area contributed by atoms with Crippen LogP contribution in [0.1, 0.15) is 32.3 Å². The first-order valence-electron chi connectivity index (χ1n) is 5.10. The number of hydrogen-bond acceptors (Lipinski definition) is 1. The zero-order valence-corrected chi connectivity index (χ0v) is 10.9. The average molecular weight is 258 g/mol. The van der Waals surface area contributed by atoms with Gasteiger partial charge in [0, 0.05) is 5.02 Å². The largest absolute Gasteiger partial charge is 0.324 e. The van der Waals surface area contributed by atoms with Crippen LogP contribution in [0.3, 0.4) is 0 Å². The van der Waals surface area contributed by atoms with Crippen molar-refractivity contribution in [1.82, 2.24) is 0 Å². The molecule has 0 fully saturated rings. The van der Waals surface area contributed by atoms with Crippen molar-refractivity contribution in [2.24, 2.45) is 5.41 Å². The van der Waals surface area contributed by atoms with Crippen LogP contribution in [0.25, 0.3) is 0 Å². The number of anilines is 1. The Morgan fingerprint density at radius 3 is 2.44 bits per heavy atom. The Labute approximate surface area is 105 Å². The topological polar surface area (TPSA) is 29.1 Å². The molecule has 1 amide bonds. The third-order valence-corrected chi connectivity index (χ3v) is 3.29. The number of rotatable bonds is 0. The van der Waals surface area contributed by atoms with Crippen molar-refractivity contribution >= 4 is 34.8 Å². The van der Waals surface area contributed by atoms with Gasteiger partial charge in [0.25, 0.3) is 0 Å². The first-order chi connectivity index (χ1) is 7.30. The Morgan fingerprint density at radius 1 is 1.25 bits per heavy atom. The lowest BCUT2D eigenvalue weighted by Crippen LogP contribution is -2.25. The summed E-state index contributed by atoms with van der Waals surface area (Å²) in [6, 6.07) is 3.46. The maximum Gasteiger partial charge on any atom is 0.232 e. The van der Waals surface area contributed by atoms with Crippen LogP contribution in [0.5, 0.6) is 0 Å². The lowest BCUT2D eigenvalue weighted by Gasteiger charge is -2.25. The molecule has 16 heavy (non-hydrogen) atoms. The average Bonchev–Trinajstić information content (AvgIpc) is 2.40. The van der Waals surface area contributed by atoms with Gasteiger partial charge in [0.15, 0.2) is 0 Å². The number of benzene rings is 1. The van der Waals surface area contributed by atoms with E-state index in [1.54, 1.807) is 6.07 Å². The molecular formula is C12H13Cl2NO. The predicted molar refractivity (Wildman–Crippen MR) is 67.3 cm³/mol. The van der Waals surface area contributed by atoms with Crippen LogP contribution in [0.4, 0.5) is 5.69 Å².